The van der Waals surface area contributed by atoms with Gasteiger partial charge in [-0.05, 0) is 5.92 Å². The summed E-state index contributed by atoms with van der Waals surface area (Å²) in [6.45, 7) is 6.36. The van der Waals surface area contributed by atoms with Crippen LogP contribution in [0.25, 0.3) is 0 Å². The van der Waals surface area contributed by atoms with Gasteiger partial charge in [0.25, 0.3) is 0 Å². The minimum atomic E-state index is -0.0114. The number of rotatable bonds is 4. The molecule has 19 heavy (non-hydrogen) atoms. The zero-order chi connectivity index (χ0) is 13.0. The summed E-state index contributed by atoms with van der Waals surface area (Å²) in [5.41, 5.74) is 0. The molecule has 1 aromatic heterocycles. The first-order valence-electron chi connectivity index (χ1n) is 6.22. The molecule has 1 aliphatic rings. The Morgan fingerprint density at radius 3 is 3.05 bits per heavy atom. The number of anilines is 1. The highest BCUT2D eigenvalue weighted by atomic mass is 35.5. The van der Waals surface area contributed by atoms with Crippen molar-refractivity contribution in [3.63, 3.8) is 0 Å². The molecule has 0 bridgehead atoms. The number of amides is 1. The molecule has 2 N–H and O–H groups in total. The van der Waals surface area contributed by atoms with Crippen LogP contribution in [-0.2, 0) is 9.53 Å². The van der Waals surface area contributed by atoms with Gasteiger partial charge in [0.2, 0.25) is 5.91 Å². The largest absolute Gasteiger partial charge is 0.378 e. The zero-order valence-electron chi connectivity index (χ0n) is 11.1. The van der Waals surface area contributed by atoms with Gasteiger partial charge in [0, 0.05) is 30.1 Å². The van der Waals surface area contributed by atoms with Crippen molar-refractivity contribution in [2.75, 3.05) is 25.1 Å². The Labute approximate surface area is 123 Å². The van der Waals surface area contributed by atoms with Gasteiger partial charge >= 0.3 is 0 Å². The molecule has 0 aliphatic carbocycles. The number of carbonyl (C=O) groups excluding carboxylic acids is 1. The summed E-state index contributed by atoms with van der Waals surface area (Å²) in [5.74, 6) is 0.434. The van der Waals surface area contributed by atoms with E-state index in [1.165, 1.54) is 16.2 Å². The van der Waals surface area contributed by atoms with Crippen LogP contribution < -0.4 is 10.6 Å². The van der Waals surface area contributed by atoms with E-state index in [9.17, 15) is 4.79 Å². The number of halogens is 1. The summed E-state index contributed by atoms with van der Waals surface area (Å²) >= 11 is 1.54. The first-order valence-corrected chi connectivity index (χ1v) is 7.03. The lowest BCUT2D eigenvalue weighted by Gasteiger charge is -2.22. The van der Waals surface area contributed by atoms with Crippen LogP contribution in [0.2, 0.25) is 0 Å². The second kappa shape index (κ2) is 7.79. The zero-order valence-corrected chi connectivity index (χ0v) is 12.8. The lowest BCUT2D eigenvalue weighted by molar-refractivity contribution is -0.117. The van der Waals surface area contributed by atoms with Crippen LogP contribution in [0.4, 0.5) is 5.13 Å². The van der Waals surface area contributed by atoms with Crippen LogP contribution in [0.1, 0.15) is 31.1 Å². The van der Waals surface area contributed by atoms with Gasteiger partial charge in [-0.25, -0.2) is 4.98 Å². The Balaban J connectivity index is 0.00000180. The van der Waals surface area contributed by atoms with E-state index in [0.717, 1.165) is 13.2 Å². The molecule has 0 spiro atoms. The molecule has 1 aromatic rings. The fraction of sp³-hybridized carbons (Fsp3) is 0.667. The fourth-order valence-electron chi connectivity index (χ4n) is 1.76. The number of nitrogens with zero attached hydrogens (tertiary/aromatic N) is 1. The van der Waals surface area contributed by atoms with E-state index in [1.807, 2.05) is 6.20 Å². The molecule has 7 heteroatoms. The highest BCUT2D eigenvalue weighted by Crippen LogP contribution is 2.25. The number of hydrogen-bond acceptors (Lipinski definition) is 5. The molecule has 1 unspecified atom stereocenters. The highest BCUT2D eigenvalue weighted by molar-refractivity contribution is 7.15. The first kappa shape index (κ1) is 16.4. The monoisotopic (exact) mass is 305 g/mol. The number of hydrogen-bond donors (Lipinski definition) is 2. The van der Waals surface area contributed by atoms with Crippen molar-refractivity contribution in [2.45, 2.75) is 32.2 Å². The third-order valence-electron chi connectivity index (χ3n) is 2.77. The fourth-order valence-corrected chi connectivity index (χ4v) is 2.59. The Morgan fingerprint density at radius 2 is 2.47 bits per heavy atom. The molecule has 2 rings (SSSR count). The van der Waals surface area contributed by atoms with Crippen molar-refractivity contribution in [1.82, 2.24) is 10.3 Å². The molecule has 1 aliphatic heterocycles. The van der Waals surface area contributed by atoms with E-state index in [0.29, 0.717) is 24.1 Å². The van der Waals surface area contributed by atoms with E-state index in [1.54, 1.807) is 0 Å². The van der Waals surface area contributed by atoms with Crippen LogP contribution in [0.5, 0.6) is 0 Å². The summed E-state index contributed by atoms with van der Waals surface area (Å²) in [4.78, 5) is 17.2. The van der Waals surface area contributed by atoms with Gasteiger partial charge in [-0.15, -0.1) is 23.7 Å². The SMILES string of the molecule is CC(C)c1cnc(NC(=O)CC2COCCN2)s1.Cl. The molecule has 2 heterocycles. The summed E-state index contributed by atoms with van der Waals surface area (Å²) in [6, 6.07) is 0.114. The third-order valence-corrected chi connectivity index (χ3v) is 3.98. The lowest BCUT2D eigenvalue weighted by Crippen LogP contribution is -2.43. The average molecular weight is 306 g/mol. The Bertz CT molecular complexity index is 405. The van der Waals surface area contributed by atoms with Gasteiger partial charge in [0.05, 0.1) is 13.2 Å². The van der Waals surface area contributed by atoms with E-state index in [4.69, 9.17) is 4.74 Å². The Morgan fingerprint density at radius 1 is 1.68 bits per heavy atom. The summed E-state index contributed by atoms with van der Waals surface area (Å²) in [5, 5.41) is 6.77. The number of nitrogens with one attached hydrogen (secondary N) is 2. The van der Waals surface area contributed by atoms with E-state index in [2.05, 4.69) is 29.5 Å². The maximum atomic E-state index is 11.8. The van der Waals surface area contributed by atoms with Gasteiger partial charge in [-0.1, -0.05) is 13.8 Å². The molecule has 1 amide bonds. The van der Waals surface area contributed by atoms with Gasteiger partial charge in [-0.3, -0.25) is 4.79 Å². The van der Waals surface area contributed by atoms with Crippen molar-refractivity contribution in [3.8, 4) is 0 Å². The number of aromatic nitrogens is 1. The van der Waals surface area contributed by atoms with Crippen molar-refractivity contribution in [2.24, 2.45) is 0 Å². The van der Waals surface area contributed by atoms with Gasteiger partial charge < -0.3 is 15.4 Å². The van der Waals surface area contributed by atoms with E-state index in [-0.39, 0.29) is 24.4 Å². The summed E-state index contributed by atoms with van der Waals surface area (Å²) in [7, 11) is 0. The van der Waals surface area contributed by atoms with E-state index < -0.39 is 0 Å². The summed E-state index contributed by atoms with van der Waals surface area (Å²) in [6.07, 6.45) is 2.25. The normalized spacial score (nSPS) is 19.0. The number of morpholine rings is 1. The topological polar surface area (TPSA) is 63.2 Å². The van der Waals surface area contributed by atoms with Crippen molar-refractivity contribution in [3.05, 3.63) is 11.1 Å². The molecule has 1 fully saturated rings. The third kappa shape index (κ3) is 5.06. The lowest BCUT2D eigenvalue weighted by atomic mass is 10.2. The number of ether oxygens (including phenoxy) is 1. The first-order chi connectivity index (χ1) is 8.65. The molecule has 1 saturated heterocycles. The second-order valence-corrected chi connectivity index (χ2v) is 5.76. The van der Waals surface area contributed by atoms with E-state index >= 15 is 0 Å². The molecular formula is C12H20ClN3O2S. The molecular weight excluding hydrogens is 286 g/mol. The number of carbonyl (C=O) groups is 1. The second-order valence-electron chi connectivity index (χ2n) is 4.70. The predicted molar refractivity (Wildman–Crippen MR) is 79.3 cm³/mol. The van der Waals surface area contributed by atoms with Crippen LogP contribution in [0.15, 0.2) is 6.20 Å². The van der Waals surface area contributed by atoms with Crippen LogP contribution in [-0.4, -0.2) is 36.7 Å². The molecule has 0 aromatic carbocycles. The molecule has 0 saturated carbocycles. The quantitative estimate of drug-likeness (QED) is 0.893. The van der Waals surface area contributed by atoms with Gasteiger partial charge in [0.1, 0.15) is 0 Å². The molecule has 0 radical (unpaired) electrons. The van der Waals surface area contributed by atoms with Gasteiger partial charge in [0.15, 0.2) is 5.13 Å². The van der Waals surface area contributed by atoms with Crippen LogP contribution >= 0.6 is 23.7 Å². The Kier molecular flexibility index (Phi) is 6.71. The number of thiazole rings is 1. The minimum Gasteiger partial charge on any atom is -0.378 e. The van der Waals surface area contributed by atoms with Crippen molar-refractivity contribution >= 4 is 34.8 Å². The highest BCUT2D eigenvalue weighted by Gasteiger charge is 2.17. The smallest absolute Gasteiger partial charge is 0.227 e. The molecule has 108 valence electrons. The average Bonchev–Trinajstić information content (AvgIpc) is 2.78. The Hall–Kier alpha value is -0.690. The molecule has 5 nitrogen and oxygen atoms in total. The predicted octanol–water partition coefficient (Wildman–Crippen LogP) is 2.01. The molecule has 1 atom stereocenters. The minimum absolute atomic E-state index is 0. The van der Waals surface area contributed by atoms with Crippen molar-refractivity contribution in [1.29, 1.82) is 0 Å². The van der Waals surface area contributed by atoms with Crippen LogP contribution in [0.3, 0.4) is 0 Å². The van der Waals surface area contributed by atoms with Gasteiger partial charge in [-0.2, -0.15) is 0 Å². The summed E-state index contributed by atoms with van der Waals surface area (Å²) < 4.78 is 5.31. The van der Waals surface area contributed by atoms with Crippen molar-refractivity contribution < 1.29 is 9.53 Å². The maximum Gasteiger partial charge on any atom is 0.227 e. The maximum absolute atomic E-state index is 11.8. The van der Waals surface area contributed by atoms with Crippen LogP contribution in [0, 0.1) is 0 Å². The standard InChI is InChI=1S/C12H19N3O2S.ClH/c1-8(2)10-6-14-12(18-10)15-11(16)5-9-7-17-4-3-13-9;/h6,8-9,13H,3-5,7H2,1-2H3,(H,14,15,16);1H.